The first-order chi connectivity index (χ1) is 14.9. The molecule has 0 aromatic heterocycles. The fraction of sp³-hybridized carbons (Fsp3) is 1.00. The molecule has 8 heteroatoms. The highest BCUT2D eigenvalue weighted by Crippen LogP contribution is 2.19. The van der Waals surface area contributed by atoms with Crippen molar-refractivity contribution in [2.45, 2.75) is 115 Å². The summed E-state index contributed by atoms with van der Waals surface area (Å²) in [5.41, 5.74) is 0. The average Bonchev–Trinajstić information content (AvgIpc) is 2.74. The van der Waals surface area contributed by atoms with Crippen LogP contribution in [0, 0.1) is 0 Å². The minimum absolute atomic E-state index is 0.219. The predicted octanol–water partition coefficient (Wildman–Crippen LogP) is 7.69. The smallest absolute Gasteiger partial charge is 0.377 e. The summed E-state index contributed by atoms with van der Waals surface area (Å²) in [6, 6.07) is 0.896. The third-order valence-electron chi connectivity index (χ3n) is 5.72. The van der Waals surface area contributed by atoms with Gasteiger partial charge < -0.3 is 18.0 Å². The first-order valence-corrected chi connectivity index (χ1v) is 14.1. The minimum Gasteiger partial charge on any atom is -0.377 e. The Kier molecular flexibility index (Phi) is 20.4. The Morgan fingerprint density at radius 3 is 1.16 bits per heavy atom. The lowest BCUT2D eigenvalue weighted by atomic mass is 10.0. The Labute approximate surface area is 189 Å². The molecule has 0 saturated heterocycles. The zero-order valence-corrected chi connectivity index (χ0v) is 21.2. The highest BCUT2D eigenvalue weighted by atomic mass is 28.4. The van der Waals surface area contributed by atoms with E-state index in [4.69, 9.17) is 13.3 Å². The molecule has 0 spiro atoms. The van der Waals surface area contributed by atoms with Crippen molar-refractivity contribution < 1.29 is 31.2 Å². The summed E-state index contributed by atoms with van der Waals surface area (Å²) in [7, 11) is 2.64. The molecule has 0 saturated carbocycles. The van der Waals surface area contributed by atoms with Crippen molar-refractivity contribution in [3.8, 4) is 0 Å². The summed E-state index contributed by atoms with van der Waals surface area (Å²) < 4.78 is 56.7. The second kappa shape index (κ2) is 20.5. The molecule has 0 rings (SSSR count). The fourth-order valence-corrected chi connectivity index (χ4v) is 5.56. The largest absolute Gasteiger partial charge is 0.500 e. The van der Waals surface area contributed by atoms with E-state index in [1.54, 1.807) is 21.3 Å². The van der Waals surface area contributed by atoms with E-state index in [0.717, 1.165) is 31.7 Å². The SMILES string of the molecule is CO[Si](CCCCCCCCCCCCCCCCCCOCC(F)(F)F)(OC)OC. The number of alkyl halides is 3. The summed E-state index contributed by atoms with van der Waals surface area (Å²) in [5, 5.41) is 0. The highest BCUT2D eigenvalue weighted by Gasteiger charge is 2.36. The Morgan fingerprint density at radius 1 is 0.516 bits per heavy atom. The molecule has 0 aliphatic heterocycles. The molecule has 0 aromatic rings. The molecular weight excluding hydrogens is 425 g/mol. The standard InChI is InChI=1S/C23H47F3O4Si/c1-27-31(28-2,29-3)21-19-17-15-13-11-9-7-5-4-6-8-10-12-14-16-18-20-30-22-23(24,25)26/h4-22H2,1-3H3. The van der Waals surface area contributed by atoms with E-state index < -0.39 is 21.6 Å². The summed E-state index contributed by atoms with van der Waals surface area (Å²) in [6.07, 6.45) is 15.2. The van der Waals surface area contributed by atoms with Crippen molar-refractivity contribution in [1.82, 2.24) is 0 Å². The Hall–Kier alpha value is -0.153. The van der Waals surface area contributed by atoms with Crippen LogP contribution in [-0.2, 0) is 18.0 Å². The number of hydrogen-bond donors (Lipinski definition) is 0. The number of ether oxygens (including phenoxy) is 1. The van der Waals surface area contributed by atoms with Crippen molar-refractivity contribution in [3.05, 3.63) is 0 Å². The van der Waals surface area contributed by atoms with Gasteiger partial charge in [0.05, 0.1) is 0 Å². The van der Waals surface area contributed by atoms with Crippen LogP contribution in [0.15, 0.2) is 0 Å². The van der Waals surface area contributed by atoms with Gasteiger partial charge in [0, 0.05) is 34.0 Å². The summed E-state index contributed by atoms with van der Waals surface area (Å²) >= 11 is 0. The van der Waals surface area contributed by atoms with Crippen LogP contribution in [0.5, 0.6) is 0 Å². The number of unbranched alkanes of at least 4 members (excludes halogenated alkanes) is 15. The molecule has 0 aliphatic rings. The van der Waals surface area contributed by atoms with Crippen LogP contribution in [0.1, 0.15) is 103 Å². The van der Waals surface area contributed by atoms with Crippen LogP contribution >= 0.6 is 0 Å². The molecule has 188 valence electrons. The van der Waals surface area contributed by atoms with Crippen LogP contribution in [0.4, 0.5) is 13.2 Å². The van der Waals surface area contributed by atoms with Gasteiger partial charge in [-0.2, -0.15) is 13.2 Å². The molecule has 0 atom stereocenters. The van der Waals surface area contributed by atoms with Gasteiger partial charge in [0.25, 0.3) is 0 Å². The molecule has 0 unspecified atom stereocenters. The van der Waals surface area contributed by atoms with E-state index in [1.807, 2.05) is 0 Å². The molecule has 0 fully saturated rings. The van der Waals surface area contributed by atoms with Crippen molar-refractivity contribution >= 4 is 8.80 Å². The molecule has 0 N–H and O–H groups in total. The molecule has 31 heavy (non-hydrogen) atoms. The summed E-state index contributed by atoms with van der Waals surface area (Å²) in [5.74, 6) is 0. The van der Waals surface area contributed by atoms with E-state index in [1.165, 1.54) is 77.0 Å². The summed E-state index contributed by atoms with van der Waals surface area (Å²) in [4.78, 5) is 0. The Bertz CT molecular complexity index is 372. The van der Waals surface area contributed by atoms with Crippen LogP contribution in [0.2, 0.25) is 6.04 Å². The lowest BCUT2D eigenvalue weighted by Gasteiger charge is -2.24. The maximum absolute atomic E-state index is 11.9. The van der Waals surface area contributed by atoms with Crippen molar-refractivity contribution in [1.29, 1.82) is 0 Å². The maximum atomic E-state index is 11.9. The number of halogens is 3. The molecule has 0 amide bonds. The van der Waals surface area contributed by atoms with Gasteiger partial charge in [0.1, 0.15) is 6.61 Å². The van der Waals surface area contributed by atoms with Crippen molar-refractivity contribution in [2.24, 2.45) is 0 Å². The monoisotopic (exact) mass is 472 g/mol. The van der Waals surface area contributed by atoms with Crippen LogP contribution < -0.4 is 0 Å². The van der Waals surface area contributed by atoms with Crippen molar-refractivity contribution in [3.63, 3.8) is 0 Å². The Morgan fingerprint density at radius 2 is 0.839 bits per heavy atom. The highest BCUT2D eigenvalue weighted by molar-refractivity contribution is 6.60. The molecule has 4 nitrogen and oxygen atoms in total. The fourth-order valence-electron chi connectivity index (χ4n) is 3.76. The maximum Gasteiger partial charge on any atom is 0.500 e. The zero-order valence-electron chi connectivity index (χ0n) is 20.2. The molecule has 0 heterocycles. The lowest BCUT2D eigenvalue weighted by molar-refractivity contribution is -0.174. The van der Waals surface area contributed by atoms with E-state index in [0.29, 0.717) is 0 Å². The lowest BCUT2D eigenvalue weighted by Crippen LogP contribution is -2.42. The first-order valence-electron chi connectivity index (χ1n) is 12.2. The topological polar surface area (TPSA) is 36.9 Å². The first kappa shape index (κ1) is 30.8. The number of hydrogen-bond acceptors (Lipinski definition) is 4. The van der Waals surface area contributed by atoms with E-state index in [9.17, 15) is 13.2 Å². The molecular formula is C23H47F3O4Si. The van der Waals surface area contributed by atoms with Crippen LogP contribution in [-0.4, -0.2) is 49.5 Å². The molecule has 0 aromatic carbocycles. The third kappa shape index (κ3) is 20.2. The molecule has 0 bridgehead atoms. The van der Waals surface area contributed by atoms with Gasteiger partial charge >= 0.3 is 15.0 Å². The van der Waals surface area contributed by atoms with Gasteiger partial charge in [-0.05, 0) is 12.8 Å². The van der Waals surface area contributed by atoms with Crippen LogP contribution in [0.25, 0.3) is 0 Å². The Balaban J connectivity index is 3.20. The van der Waals surface area contributed by atoms with Gasteiger partial charge in [-0.25, -0.2) is 0 Å². The second-order valence-electron chi connectivity index (χ2n) is 8.37. The van der Waals surface area contributed by atoms with Gasteiger partial charge in [0.15, 0.2) is 0 Å². The van der Waals surface area contributed by atoms with Gasteiger partial charge in [-0.3, -0.25) is 0 Å². The average molecular weight is 473 g/mol. The van der Waals surface area contributed by atoms with Gasteiger partial charge in [-0.15, -0.1) is 0 Å². The summed E-state index contributed by atoms with van der Waals surface area (Å²) in [6.45, 7) is -0.898. The van der Waals surface area contributed by atoms with E-state index >= 15 is 0 Å². The number of rotatable bonds is 23. The zero-order chi connectivity index (χ0) is 23.3. The predicted molar refractivity (Wildman–Crippen MR) is 122 cm³/mol. The van der Waals surface area contributed by atoms with Gasteiger partial charge in [0.2, 0.25) is 0 Å². The van der Waals surface area contributed by atoms with Gasteiger partial charge in [-0.1, -0.05) is 89.9 Å². The second-order valence-corrected chi connectivity index (χ2v) is 11.5. The quantitative estimate of drug-likeness (QED) is 0.113. The molecule has 0 aliphatic carbocycles. The van der Waals surface area contributed by atoms with E-state index in [2.05, 4.69) is 4.74 Å². The van der Waals surface area contributed by atoms with Crippen molar-refractivity contribution in [2.75, 3.05) is 34.5 Å². The van der Waals surface area contributed by atoms with Crippen LogP contribution in [0.3, 0.4) is 0 Å². The third-order valence-corrected chi connectivity index (χ3v) is 8.55. The van der Waals surface area contributed by atoms with E-state index in [-0.39, 0.29) is 6.61 Å². The normalized spacial score (nSPS) is 12.6. The minimum atomic E-state index is -4.20. The molecule has 0 radical (unpaired) electrons.